The van der Waals surface area contributed by atoms with Crippen LogP contribution in [0.25, 0.3) is 5.57 Å². The average Bonchev–Trinajstić information content (AvgIpc) is 3.06. The van der Waals surface area contributed by atoms with Gasteiger partial charge in [0.25, 0.3) is 5.91 Å². The number of para-hydroxylation sites is 1. The van der Waals surface area contributed by atoms with Gasteiger partial charge in [0.15, 0.2) is 0 Å². The van der Waals surface area contributed by atoms with E-state index in [-0.39, 0.29) is 11.8 Å². The predicted molar refractivity (Wildman–Crippen MR) is 95.6 cm³/mol. The number of nitrogens with one attached hydrogen (secondary N) is 1. The van der Waals surface area contributed by atoms with E-state index >= 15 is 0 Å². The highest BCUT2D eigenvalue weighted by Gasteiger charge is 2.38. The van der Waals surface area contributed by atoms with Crippen LogP contribution in [-0.4, -0.2) is 27.7 Å². The second-order valence-electron chi connectivity index (χ2n) is 6.33. The highest BCUT2D eigenvalue weighted by Crippen LogP contribution is 2.36. The van der Waals surface area contributed by atoms with Crippen LogP contribution in [0.15, 0.2) is 48.7 Å². The molecule has 5 heteroatoms. The molecule has 5 nitrogen and oxygen atoms in total. The molecular weight excluding hydrogens is 314 g/mol. The van der Waals surface area contributed by atoms with Crippen molar-refractivity contribution in [1.29, 1.82) is 0 Å². The molecule has 1 aromatic carbocycles. The van der Waals surface area contributed by atoms with Gasteiger partial charge in [-0.05, 0) is 30.2 Å². The number of nitrogens with zero attached hydrogens (tertiary/aromatic N) is 2. The van der Waals surface area contributed by atoms with Crippen molar-refractivity contribution in [2.75, 3.05) is 5.32 Å². The Kier molecular flexibility index (Phi) is 3.84. The van der Waals surface area contributed by atoms with Gasteiger partial charge in [-0.25, -0.2) is 0 Å². The molecule has 25 heavy (non-hydrogen) atoms. The molecule has 2 aliphatic rings. The number of rotatable bonds is 4. The molecule has 2 heterocycles. The van der Waals surface area contributed by atoms with Gasteiger partial charge in [0, 0.05) is 36.0 Å². The van der Waals surface area contributed by atoms with Gasteiger partial charge in [-0.3, -0.25) is 14.6 Å². The fourth-order valence-electron chi connectivity index (χ4n) is 3.62. The van der Waals surface area contributed by atoms with Crippen LogP contribution in [0.2, 0.25) is 0 Å². The summed E-state index contributed by atoms with van der Waals surface area (Å²) in [6.07, 6.45) is 4.96. The average molecular weight is 333 g/mol. The number of benzene rings is 1. The highest BCUT2D eigenvalue weighted by atomic mass is 16.2. The number of carbonyl (C=O) groups is 2. The first kappa shape index (κ1) is 15.6. The standard InChI is InChI=1S/C20H19N3O2/c1-2-17(19(24)22-14-6-4-3-5-7-14)23-12-13-10-11-21-16-9-8-15(18(13)16)20(23)25/h3-8,10-11,17H,2,9,12H2,1H3,(H,22,24)/t17-/m1/s1. The van der Waals surface area contributed by atoms with Crippen LogP contribution in [0.1, 0.15) is 30.2 Å². The summed E-state index contributed by atoms with van der Waals surface area (Å²) in [5.41, 5.74) is 4.43. The molecule has 1 atom stereocenters. The SMILES string of the molecule is CC[C@H](C(=O)Nc1ccccc1)N1Cc2ccnc3c2C(=CC3)C1=O. The zero-order valence-electron chi connectivity index (χ0n) is 14.0. The van der Waals surface area contributed by atoms with E-state index in [1.165, 1.54) is 0 Å². The fraction of sp³-hybridized carbons (Fsp3) is 0.250. The first-order chi connectivity index (χ1) is 12.2. The molecular formula is C20H19N3O2. The molecule has 0 saturated heterocycles. The molecule has 1 aromatic heterocycles. The Hall–Kier alpha value is -2.95. The van der Waals surface area contributed by atoms with Crippen LogP contribution >= 0.6 is 0 Å². The zero-order valence-corrected chi connectivity index (χ0v) is 14.0. The van der Waals surface area contributed by atoms with Crippen molar-refractivity contribution in [2.45, 2.75) is 32.4 Å². The Morgan fingerprint density at radius 2 is 2.08 bits per heavy atom. The molecule has 4 rings (SSSR count). The Morgan fingerprint density at radius 1 is 1.28 bits per heavy atom. The topological polar surface area (TPSA) is 62.3 Å². The van der Waals surface area contributed by atoms with E-state index in [1.54, 1.807) is 11.1 Å². The van der Waals surface area contributed by atoms with Gasteiger partial charge in [0.1, 0.15) is 6.04 Å². The second kappa shape index (κ2) is 6.16. The Bertz CT molecular complexity index is 874. The molecule has 1 aliphatic carbocycles. The number of aromatic nitrogens is 1. The normalized spacial score (nSPS) is 16.3. The van der Waals surface area contributed by atoms with E-state index in [1.807, 2.05) is 49.4 Å². The second-order valence-corrected chi connectivity index (χ2v) is 6.33. The minimum absolute atomic E-state index is 0.0747. The molecule has 0 spiro atoms. The van der Waals surface area contributed by atoms with Crippen LogP contribution in [-0.2, 0) is 22.6 Å². The summed E-state index contributed by atoms with van der Waals surface area (Å²) in [5.74, 6) is -0.229. The molecule has 1 aliphatic heterocycles. The van der Waals surface area contributed by atoms with Gasteiger partial charge in [0.05, 0.1) is 5.69 Å². The summed E-state index contributed by atoms with van der Waals surface area (Å²) < 4.78 is 0. The van der Waals surface area contributed by atoms with Crippen molar-refractivity contribution < 1.29 is 9.59 Å². The van der Waals surface area contributed by atoms with Gasteiger partial charge in [-0.1, -0.05) is 31.2 Å². The van der Waals surface area contributed by atoms with E-state index in [9.17, 15) is 9.59 Å². The third-order valence-electron chi connectivity index (χ3n) is 4.82. The fourth-order valence-corrected chi connectivity index (χ4v) is 3.62. The third kappa shape index (κ3) is 2.61. The monoisotopic (exact) mass is 333 g/mol. The van der Waals surface area contributed by atoms with Gasteiger partial charge < -0.3 is 10.2 Å². The van der Waals surface area contributed by atoms with Crippen molar-refractivity contribution in [3.8, 4) is 0 Å². The lowest BCUT2D eigenvalue weighted by Crippen LogP contribution is -2.48. The minimum atomic E-state index is -0.501. The Morgan fingerprint density at radius 3 is 2.84 bits per heavy atom. The summed E-state index contributed by atoms with van der Waals surface area (Å²) in [7, 11) is 0. The first-order valence-electron chi connectivity index (χ1n) is 8.53. The van der Waals surface area contributed by atoms with Gasteiger partial charge in [-0.2, -0.15) is 0 Å². The van der Waals surface area contributed by atoms with Crippen LogP contribution in [0.5, 0.6) is 0 Å². The molecule has 0 bridgehead atoms. The third-order valence-corrected chi connectivity index (χ3v) is 4.82. The highest BCUT2D eigenvalue weighted by molar-refractivity contribution is 6.23. The maximum atomic E-state index is 13.0. The number of anilines is 1. The number of pyridine rings is 1. The van der Waals surface area contributed by atoms with Crippen molar-refractivity contribution in [2.24, 2.45) is 0 Å². The summed E-state index contributed by atoms with van der Waals surface area (Å²) in [6.45, 7) is 2.38. The van der Waals surface area contributed by atoms with E-state index in [2.05, 4.69) is 10.3 Å². The lowest BCUT2D eigenvalue weighted by atomic mass is 9.95. The first-order valence-corrected chi connectivity index (χ1v) is 8.53. The summed E-state index contributed by atoms with van der Waals surface area (Å²) in [5, 5.41) is 2.92. The van der Waals surface area contributed by atoms with Gasteiger partial charge in [-0.15, -0.1) is 0 Å². The smallest absolute Gasteiger partial charge is 0.255 e. The number of allylic oxidation sites excluding steroid dienone is 1. The van der Waals surface area contributed by atoms with Crippen LogP contribution in [0.4, 0.5) is 5.69 Å². The van der Waals surface area contributed by atoms with Gasteiger partial charge in [0.2, 0.25) is 5.91 Å². The molecule has 2 amide bonds. The van der Waals surface area contributed by atoms with Crippen molar-refractivity contribution in [1.82, 2.24) is 9.88 Å². The van der Waals surface area contributed by atoms with E-state index < -0.39 is 6.04 Å². The number of amides is 2. The van der Waals surface area contributed by atoms with E-state index in [0.717, 1.165) is 22.5 Å². The quantitative estimate of drug-likeness (QED) is 0.936. The number of carbonyl (C=O) groups excluding carboxylic acids is 2. The van der Waals surface area contributed by atoms with Crippen LogP contribution in [0, 0.1) is 0 Å². The number of hydrogen-bond acceptors (Lipinski definition) is 3. The van der Waals surface area contributed by atoms with Crippen LogP contribution in [0.3, 0.4) is 0 Å². The molecule has 126 valence electrons. The zero-order chi connectivity index (χ0) is 17.4. The van der Waals surface area contributed by atoms with E-state index in [4.69, 9.17) is 0 Å². The van der Waals surface area contributed by atoms with Crippen LogP contribution < -0.4 is 5.32 Å². The molecule has 2 aromatic rings. The summed E-state index contributed by atoms with van der Waals surface area (Å²) >= 11 is 0. The lowest BCUT2D eigenvalue weighted by Gasteiger charge is -2.35. The van der Waals surface area contributed by atoms with Crippen molar-refractivity contribution in [3.05, 3.63) is 65.5 Å². The molecule has 0 unspecified atom stereocenters. The number of hydrogen-bond donors (Lipinski definition) is 1. The van der Waals surface area contributed by atoms with Gasteiger partial charge >= 0.3 is 0 Å². The maximum Gasteiger partial charge on any atom is 0.255 e. The predicted octanol–water partition coefficient (Wildman–Crippen LogP) is 2.78. The minimum Gasteiger partial charge on any atom is -0.324 e. The molecule has 0 saturated carbocycles. The lowest BCUT2D eigenvalue weighted by molar-refractivity contribution is -0.135. The molecule has 0 fully saturated rings. The Balaban J connectivity index is 1.62. The molecule has 1 N–H and O–H groups in total. The van der Waals surface area contributed by atoms with Crippen molar-refractivity contribution in [3.63, 3.8) is 0 Å². The largest absolute Gasteiger partial charge is 0.324 e. The van der Waals surface area contributed by atoms with E-state index in [0.29, 0.717) is 25.0 Å². The summed E-state index contributed by atoms with van der Waals surface area (Å²) in [6, 6.07) is 10.8. The Labute approximate surface area is 146 Å². The summed E-state index contributed by atoms with van der Waals surface area (Å²) in [4.78, 5) is 31.8. The maximum absolute atomic E-state index is 13.0. The molecule has 0 radical (unpaired) electrons. The van der Waals surface area contributed by atoms with Crippen molar-refractivity contribution >= 4 is 23.1 Å².